The summed E-state index contributed by atoms with van der Waals surface area (Å²) in [6.45, 7) is 1.80. The molecule has 0 heterocycles. The summed E-state index contributed by atoms with van der Waals surface area (Å²) in [6, 6.07) is 36.0. The summed E-state index contributed by atoms with van der Waals surface area (Å²) in [5.74, 6) is -2.74. The van der Waals surface area contributed by atoms with Gasteiger partial charge in [0.25, 0.3) is 0 Å². The fourth-order valence-corrected chi connectivity index (χ4v) is 4.91. The van der Waals surface area contributed by atoms with Crippen molar-refractivity contribution in [2.24, 2.45) is 5.92 Å². The first-order valence-electron chi connectivity index (χ1n) is 13.4. The smallest absolute Gasteiger partial charge is 0.338 e. The third-order valence-corrected chi connectivity index (χ3v) is 6.97. The molecule has 2 N–H and O–H groups in total. The molecule has 4 aromatic rings. The molecule has 0 aromatic heterocycles. The van der Waals surface area contributed by atoms with Crippen LogP contribution in [0.25, 0.3) is 0 Å². The van der Waals surface area contributed by atoms with Gasteiger partial charge in [0.15, 0.2) is 0 Å². The van der Waals surface area contributed by atoms with Crippen LogP contribution in [0, 0.1) is 5.92 Å². The molecule has 0 saturated heterocycles. The average Bonchev–Trinajstić information content (AvgIpc) is 3.00. The number of carboxylic acid groups (broad SMARTS) is 1. The number of ether oxygens (including phenoxy) is 2. The Balaban J connectivity index is 1.60. The van der Waals surface area contributed by atoms with E-state index < -0.39 is 29.6 Å². The molecule has 2 atom stereocenters. The second-order valence-corrected chi connectivity index (χ2v) is 9.56. The SMILES string of the molecule is CCOC(=O)c1cccc(CC[C@H](O)[C@H](COC(c2ccccc2)(c2ccccc2)c2ccccc2)C(=O)O)c1. The largest absolute Gasteiger partial charge is 0.481 e. The van der Waals surface area contributed by atoms with E-state index in [1.54, 1.807) is 25.1 Å². The van der Waals surface area contributed by atoms with Gasteiger partial charge in [-0.3, -0.25) is 4.79 Å². The number of hydrogen-bond acceptors (Lipinski definition) is 5. The van der Waals surface area contributed by atoms with Gasteiger partial charge in [-0.05, 0) is 54.2 Å². The Morgan fingerprint density at radius 1 is 0.775 bits per heavy atom. The molecule has 206 valence electrons. The average molecular weight is 539 g/mol. The zero-order valence-corrected chi connectivity index (χ0v) is 22.5. The lowest BCUT2D eigenvalue weighted by Crippen LogP contribution is -2.39. The first kappa shape index (κ1) is 28.7. The molecule has 0 aliphatic rings. The normalized spacial score (nSPS) is 12.8. The van der Waals surface area contributed by atoms with Crippen molar-refractivity contribution < 1.29 is 29.3 Å². The van der Waals surface area contributed by atoms with Crippen molar-refractivity contribution >= 4 is 11.9 Å². The second-order valence-electron chi connectivity index (χ2n) is 9.56. The zero-order valence-electron chi connectivity index (χ0n) is 22.5. The van der Waals surface area contributed by atoms with Gasteiger partial charge < -0.3 is 19.7 Å². The Hall–Kier alpha value is -4.26. The number of aliphatic hydroxyl groups excluding tert-OH is 1. The molecule has 0 aliphatic carbocycles. The number of carboxylic acids is 1. The van der Waals surface area contributed by atoms with Crippen LogP contribution >= 0.6 is 0 Å². The lowest BCUT2D eigenvalue weighted by atomic mass is 9.80. The number of aliphatic carboxylic acids is 1. The monoisotopic (exact) mass is 538 g/mol. The van der Waals surface area contributed by atoms with E-state index in [4.69, 9.17) is 9.47 Å². The molecule has 6 nitrogen and oxygen atoms in total. The van der Waals surface area contributed by atoms with Crippen molar-refractivity contribution in [2.45, 2.75) is 31.5 Å². The summed E-state index contributed by atoms with van der Waals surface area (Å²) in [4.78, 5) is 24.5. The van der Waals surface area contributed by atoms with Gasteiger partial charge in [-0.2, -0.15) is 0 Å². The van der Waals surface area contributed by atoms with Gasteiger partial charge >= 0.3 is 11.9 Å². The molecule has 0 saturated carbocycles. The minimum Gasteiger partial charge on any atom is -0.481 e. The van der Waals surface area contributed by atoms with E-state index in [2.05, 4.69) is 0 Å². The number of aliphatic hydroxyl groups is 1. The van der Waals surface area contributed by atoms with Crippen LogP contribution in [0.1, 0.15) is 46.0 Å². The van der Waals surface area contributed by atoms with E-state index >= 15 is 0 Å². The molecule has 0 radical (unpaired) electrons. The van der Waals surface area contributed by atoms with Crippen LogP contribution in [-0.2, 0) is 26.3 Å². The highest BCUT2D eigenvalue weighted by molar-refractivity contribution is 5.89. The number of carbonyl (C=O) groups excluding carboxylic acids is 1. The van der Waals surface area contributed by atoms with Gasteiger partial charge in [-0.1, -0.05) is 103 Å². The Kier molecular flexibility index (Phi) is 9.84. The Bertz CT molecular complexity index is 1270. The Morgan fingerprint density at radius 3 is 1.77 bits per heavy atom. The fraction of sp³-hybridized carbons (Fsp3) is 0.235. The first-order chi connectivity index (χ1) is 19.5. The van der Waals surface area contributed by atoms with Crippen molar-refractivity contribution in [1.29, 1.82) is 0 Å². The lowest BCUT2D eigenvalue weighted by Gasteiger charge is -2.37. The van der Waals surface area contributed by atoms with Crippen LogP contribution in [-0.4, -0.2) is 41.5 Å². The van der Waals surface area contributed by atoms with Gasteiger partial charge in [-0.15, -0.1) is 0 Å². The van der Waals surface area contributed by atoms with Crippen molar-refractivity contribution in [1.82, 2.24) is 0 Å². The summed E-state index contributed by atoms with van der Waals surface area (Å²) < 4.78 is 11.7. The minimum atomic E-state index is -1.18. The molecular formula is C34H34O6. The van der Waals surface area contributed by atoms with Gasteiger partial charge in [0.2, 0.25) is 0 Å². The summed E-state index contributed by atoms with van der Waals surface area (Å²) in [5, 5.41) is 21.2. The number of rotatable bonds is 13. The molecule has 6 heteroatoms. The molecule has 0 fully saturated rings. The maximum Gasteiger partial charge on any atom is 0.338 e. The molecule has 40 heavy (non-hydrogen) atoms. The maximum atomic E-state index is 12.4. The molecule has 0 amide bonds. The van der Waals surface area contributed by atoms with E-state index in [0.717, 1.165) is 22.3 Å². The van der Waals surface area contributed by atoms with Crippen LogP contribution in [0.15, 0.2) is 115 Å². The number of benzene rings is 4. The van der Waals surface area contributed by atoms with Crippen LogP contribution in [0.2, 0.25) is 0 Å². The number of aryl methyl sites for hydroxylation is 1. The standard InChI is InChI=1S/C34H34O6/c1-2-39-33(38)26-14-12-13-25(23-26)21-22-31(35)30(32(36)37)24-40-34(27-15-6-3-7-16-27,28-17-8-4-9-18-28)29-19-10-5-11-20-29/h3-20,23,30-31,35H,2,21-22,24H2,1H3,(H,36,37)/t30-,31-/m0/s1. The molecule has 0 bridgehead atoms. The van der Waals surface area contributed by atoms with E-state index in [1.165, 1.54) is 0 Å². The van der Waals surface area contributed by atoms with Crippen molar-refractivity contribution in [3.8, 4) is 0 Å². The third kappa shape index (κ3) is 6.65. The lowest BCUT2D eigenvalue weighted by molar-refractivity contribution is -0.151. The van der Waals surface area contributed by atoms with Crippen molar-refractivity contribution in [3.63, 3.8) is 0 Å². The van der Waals surface area contributed by atoms with E-state index in [1.807, 2.05) is 97.1 Å². The number of hydrogen-bond donors (Lipinski definition) is 2. The van der Waals surface area contributed by atoms with Crippen molar-refractivity contribution in [2.75, 3.05) is 13.2 Å². The van der Waals surface area contributed by atoms with Crippen LogP contribution in [0.4, 0.5) is 0 Å². The Labute approximate surface area is 234 Å². The quantitative estimate of drug-likeness (QED) is 0.163. The first-order valence-corrected chi connectivity index (χ1v) is 13.4. The fourth-order valence-electron chi connectivity index (χ4n) is 4.91. The topological polar surface area (TPSA) is 93.1 Å². The molecule has 4 aromatic carbocycles. The molecule has 0 unspecified atom stereocenters. The predicted molar refractivity (Wildman–Crippen MR) is 153 cm³/mol. The molecule has 4 rings (SSSR count). The van der Waals surface area contributed by atoms with E-state index in [0.29, 0.717) is 12.0 Å². The van der Waals surface area contributed by atoms with Gasteiger partial charge in [-0.25, -0.2) is 4.79 Å². The summed E-state index contributed by atoms with van der Waals surface area (Å²) in [7, 11) is 0. The highest BCUT2D eigenvalue weighted by atomic mass is 16.5. The Morgan fingerprint density at radius 2 is 1.30 bits per heavy atom. The summed E-state index contributed by atoms with van der Waals surface area (Å²) in [6.07, 6.45) is -0.607. The third-order valence-electron chi connectivity index (χ3n) is 6.97. The summed E-state index contributed by atoms with van der Waals surface area (Å²) in [5.41, 5.74) is 2.68. The zero-order chi connectivity index (χ0) is 28.4. The summed E-state index contributed by atoms with van der Waals surface area (Å²) >= 11 is 0. The van der Waals surface area contributed by atoms with Crippen LogP contribution < -0.4 is 0 Å². The molecule has 0 spiro atoms. The maximum absolute atomic E-state index is 12.4. The van der Waals surface area contributed by atoms with Crippen molar-refractivity contribution in [3.05, 3.63) is 143 Å². The van der Waals surface area contributed by atoms with Gasteiger partial charge in [0.1, 0.15) is 11.5 Å². The molecular weight excluding hydrogens is 504 g/mol. The second kappa shape index (κ2) is 13.7. The van der Waals surface area contributed by atoms with Crippen LogP contribution in [0.3, 0.4) is 0 Å². The van der Waals surface area contributed by atoms with Gasteiger partial charge in [0.05, 0.1) is 24.9 Å². The van der Waals surface area contributed by atoms with E-state index in [9.17, 15) is 19.8 Å². The number of carbonyl (C=O) groups is 2. The van der Waals surface area contributed by atoms with E-state index in [-0.39, 0.29) is 19.6 Å². The number of esters is 1. The highest BCUT2D eigenvalue weighted by Gasteiger charge is 2.40. The minimum absolute atomic E-state index is 0.182. The predicted octanol–water partition coefficient (Wildman–Crippen LogP) is 5.87. The molecule has 0 aliphatic heterocycles. The van der Waals surface area contributed by atoms with Crippen LogP contribution in [0.5, 0.6) is 0 Å². The van der Waals surface area contributed by atoms with Gasteiger partial charge in [0, 0.05) is 0 Å². The highest BCUT2D eigenvalue weighted by Crippen LogP contribution is 2.41.